The van der Waals surface area contributed by atoms with Crippen molar-refractivity contribution in [2.45, 2.75) is 32.2 Å². The number of amides is 1. The van der Waals surface area contributed by atoms with Gasteiger partial charge in [-0.05, 0) is 36.6 Å². The summed E-state index contributed by atoms with van der Waals surface area (Å²) in [4.78, 5) is 17.1. The number of nitrogens with zero attached hydrogens (tertiary/aromatic N) is 1. The number of hydrogen-bond donors (Lipinski definition) is 2. The maximum atomic E-state index is 13.9. The quantitative estimate of drug-likeness (QED) is 0.583. The molecule has 2 aromatic carbocycles. The molecule has 1 aromatic heterocycles. The number of nitrogens with two attached hydrogens (primary N) is 1. The van der Waals surface area contributed by atoms with Crippen molar-refractivity contribution in [1.29, 1.82) is 0 Å². The Morgan fingerprint density at radius 1 is 1.21 bits per heavy atom. The van der Waals surface area contributed by atoms with E-state index < -0.39 is 17.5 Å². The first-order chi connectivity index (χ1) is 13.5. The Hall–Kier alpha value is -2.80. The van der Waals surface area contributed by atoms with Crippen molar-refractivity contribution >= 4 is 22.9 Å². The third kappa shape index (κ3) is 4.92. The van der Waals surface area contributed by atoms with Crippen LogP contribution in [0.15, 0.2) is 47.8 Å². The van der Waals surface area contributed by atoms with Crippen molar-refractivity contribution in [1.82, 2.24) is 10.3 Å². The molecule has 0 aliphatic carbocycles. The summed E-state index contributed by atoms with van der Waals surface area (Å²) < 4.78 is 27.3. The van der Waals surface area contributed by atoms with Crippen LogP contribution in [0.5, 0.6) is 0 Å². The molecule has 1 atom stereocenters. The van der Waals surface area contributed by atoms with Crippen LogP contribution in [-0.4, -0.2) is 10.9 Å². The molecule has 0 aliphatic heterocycles. The maximum Gasteiger partial charge on any atom is 0.225 e. The van der Waals surface area contributed by atoms with Crippen molar-refractivity contribution in [3.05, 3.63) is 81.3 Å². The summed E-state index contributed by atoms with van der Waals surface area (Å²) in [7, 11) is 0. The van der Waals surface area contributed by atoms with Gasteiger partial charge in [-0.3, -0.25) is 4.79 Å². The Labute approximate surface area is 166 Å². The lowest BCUT2D eigenvalue weighted by Crippen LogP contribution is -2.31. The second kappa shape index (κ2) is 8.93. The molecule has 0 aliphatic rings. The van der Waals surface area contributed by atoms with Gasteiger partial charge in [0.15, 0.2) is 11.6 Å². The van der Waals surface area contributed by atoms with E-state index in [0.29, 0.717) is 12.1 Å². The van der Waals surface area contributed by atoms with E-state index in [2.05, 4.69) is 10.3 Å². The van der Waals surface area contributed by atoms with Gasteiger partial charge in [-0.25, -0.2) is 13.8 Å². The van der Waals surface area contributed by atoms with Crippen molar-refractivity contribution in [3.63, 3.8) is 0 Å². The Morgan fingerprint density at radius 3 is 2.64 bits per heavy atom. The van der Waals surface area contributed by atoms with Crippen LogP contribution in [0.25, 0.3) is 0 Å². The summed E-state index contributed by atoms with van der Waals surface area (Å²) in [6.45, 7) is 2.01. The van der Waals surface area contributed by atoms with Crippen LogP contribution in [-0.2, 0) is 24.1 Å². The number of aryl methyl sites for hydroxylation is 1. The second-order valence-electron chi connectivity index (χ2n) is 6.49. The van der Waals surface area contributed by atoms with E-state index in [1.807, 2.05) is 24.4 Å². The van der Waals surface area contributed by atoms with Gasteiger partial charge < -0.3 is 11.1 Å². The molecule has 0 radical (unpaired) electrons. The molecule has 0 bridgehead atoms. The van der Waals surface area contributed by atoms with Crippen molar-refractivity contribution in [3.8, 4) is 0 Å². The molecular formula is C21H21F2N3OS. The minimum Gasteiger partial charge on any atom is -0.399 e. The van der Waals surface area contributed by atoms with Crippen LogP contribution in [0.1, 0.15) is 34.8 Å². The Morgan fingerprint density at radius 2 is 1.96 bits per heavy atom. The van der Waals surface area contributed by atoms with Crippen LogP contribution >= 0.6 is 11.3 Å². The number of nitrogens with one attached hydrogen (secondary N) is 1. The minimum absolute atomic E-state index is 0.0251. The molecule has 1 amide bonds. The number of halogens is 2. The Kier molecular flexibility index (Phi) is 6.36. The fourth-order valence-corrected chi connectivity index (χ4v) is 3.79. The summed E-state index contributed by atoms with van der Waals surface area (Å²) in [5.74, 6) is -2.34. The first-order valence-electron chi connectivity index (χ1n) is 8.97. The molecule has 1 unspecified atom stereocenters. The van der Waals surface area contributed by atoms with Crippen molar-refractivity contribution < 1.29 is 13.6 Å². The molecule has 0 fully saturated rings. The summed E-state index contributed by atoms with van der Waals surface area (Å²) in [6, 6.07) is 10.9. The standard InChI is InChI=1S/C21H21F2N3OS/c1-2-16-12-28-21(25-16)18(10-13-6-8-15(24)9-7-13)26-19(27)11-14-4-3-5-17(22)20(14)23/h3-9,12,18H,2,10-11,24H2,1H3,(H,26,27). The second-order valence-corrected chi connectivity index (χ2v) is 7.38. The number of benzene rings is 2. The molecular weight excluding hydrogens is 380 g/mol. The van der Waals surface area contributed by atoms with E-state index in [1.165, 1.54) is 23.5 Å². The number of hydrogen-bond acceptors (Lipinski definition) is 4. The topological polar surface area (TPSA) is 68.0 Å². The lowest BCUT2D eigenvalue weighted by molar-refractivity contribution is -0.121. The number of carbonyl (C=O) groups is 1. The zero-order valence-corrected chi connectivity index (χ0v) is 16.2. The molecule has 146 valence electrons. The van der Waals surface area contributed by atoms with E-state index in [1.54, 1.807) is 12.1 Å². The zero-order chi connectivity index (χ0) is 20.1. The van der Waals surface area contributed by atoms with Gasteiger partial charge in [-0.15, -0.1) is 11.3 Å². The van der Waals surface area contributed by atoms with Gasteiger partial charge in [0, 0.05) is 16.6 Å². The van der Waals surface area contributed by atoms with E-state index in [0.717, 1.165) is 28.8 Å². The van der Waals surface area contributed by atoms with Gasteiger partial charge in [-0.1, -0.05) is 31.2 Å². The first kappa shape index (κ1) is 19.9. The first-order valence-corrected chi connectivity index (χ1v) is 9.85. The average Bonchev–Trinajstić information content (AvgIpc) is 3.16. The highest BCUT2D eigenvalue weighted by atomic mass is 32.1. The molecule has 28 heavy (non-hydrogen) atoms. The molecule has 3 N–H and O–H groups in total. The fraction of sp³-hybridized carbons (Fsp3) is 0.238. The molecule has 0 saturated carbocycles. The van der Waals surface area contributed by atoms with E-state index in [9.17, 15) is 13.6 Å². The molecule has 0 saturated heterocycles. The third-order valence-electron chi connectivity index (χ3n) is 4.37. The monoisotopic (exact) mass is 401 g/mol. The highest BCUT2D eigenvalue weighted by Crippen LogP contribution is 2.24. The summed E-state index contributed by atoms with van der Waals surface area (Å²) in [5, 5.41) is 5.66. The van der Waals surface area contributed by atoms with Crippen molar-refractivity contribution in [2.24, 2.45) is 0 Å². The number of thiazole rings is 1. The normalized spacial score (nSPS) is 12.0. The smallest absolute Gasteiger partial charge is 0.225 e. The van der Waals surface area contributed by atoms with Gasteiger partial charge in [-0.2, -0.15) is 0 Å². The van der Waals surface area contributed by atoms with E-state index in [-0.39, 0.29) is 18.0 Å². The highest BCUT2D eigenvalue weighted by molar-refractivity contribution is 7.09. The SMILES string of the molecule is CCc1csc(C(Cc2ccc(N)cc2)NC(=O)Cc2cccc(F)c2F)n1. The van der Waals surface area contributed by atoms with Crippen LogP contribution in [0.3, 0.4) is 0 Å². The molecule has 0 spiro atoms. The Balaban J connectivity index is 1.78. The maximum absolute atomic E-state index is 13.9. The Bertz CT molecular complexity index is 957. The van der Waals surface area contributed by atoms with E-state index >= 15 is 0 Å². The largest absolute Gasteiger partial charge is 0.399 e. The summed E-state index contributed by atoms with van der Waals surface area (Å²) >= 11 is 1.47. The predicted molar refractivity (Wildman–Crippen MR) is 107 cm³/mol. The number of aromatic nitrogens is 1. The number of carbonyl (C=O) groups excluding carboxylic acids is 1. The van der Waals surface area contributed by atoms with Crippen LogP contribution in [0.2, 0.25) is 0 Å². The highest BCUT2D eigenvalue weighted by Gasteiger charge is 2.20. The molecule has 7 heteroatoms. The fourth-order valence-electron chi connectivity index (χ4n) is 2.84. The number of nitrogen functional groups attached to an aromatic ring is 1. The van der Waals surface area contributed by atoms with Crippen LogP contribution < -0.4 is 11.1 Å². The van der Waals surface area contributed by atoms with Gasteiger partial charge >= 0.3 is 0 Å². The average molecular weight is 401 g/mol. The van der Waals surface area contributed by atoms with Gasteiger partial charge in [0.25, 0.3) is 0 Å². The van der Waals surface area contributed by atoms with Crippen LogP contribution in [0, 0.1) is 11.6 Å². The van der Waals surface area contributed by atoms with Crippen LogP contribution in [0.4, 0.5) is 14.5 Å². The summed E-state index contributed by atoms with van der Waals surface area (Å²) in [6.07, 6.45) is 1.08. The zero-order valence-electron chi connectivity index (χ0n) is 15.4. The molecule has 3 aromatic rings. The predicted octanol–water partition coefficient (Wildman–Crippen LogP) is 4.21. The van der Waals surface area contributed by atoms with E-state index in [4.69, 9.17) is 5.73 Å². The van der Waals surface area contributed by atoms with Gasteiger partial charge in [0.05, 0.1) is 18.2 Å². The lowest BCUT2D eigenvalue weighted by Gasteiger charge is -2.17. The van der Waals surface area contributed by atoms with Crippen molar-refractivity contribution in [2.75, 3.05) is 5.73 Å². The molecule has 3 rings (SSSR count). The van der Waals surface area contributed by atoms with Gasteiger partial charge in [0.2, 0.25) is 5.91 Å². The van der Waals surface area contributed by atoms with Gasteiger partial charge in [0.1, 0.15) is 5.01 Å². The molecule has 1 heterocycles. The minimum atomic E-state index is -0.991. The third-order valence-corrected chi connectivity index (χ3v) is 5.37. The molecule has 4 nitrogen and oxygen atoms in total. The summed E-state index contributed by atoms with van der Waals surface area (Å²) in [5.41, 5.74) is 8.36. The number of anilines is 1. The number of rotatable bonds is 7. The lowest BCUT2D eigenvalue weighted by atomic mass is 10.0.